The Balaban J connectivity index is 2.84. The number of imidazole rings is 1. The zero-order valence-electron chi connectivity index (χ0n) is 7.37. The number of nitrogens with one attached hydrogen (secondary N) is 1. The lowest BCUT2D eigenvalue weighted by atomic mass is 10.4. The molecule has 0 saturated heterocycles. The second-order valence-electron chi connectivity index (χ2n) is 2.77. The lowest BCUT2D eigenvalue weighted by molar-refractivity contribution is 0.947. The van der Waals surface area contributed by atoms with Gasteiger partial charge in [-0.2, -0.15) is 0 Å². The maximum atomic E-state index is 5.84. The van der Waals surface area contributed by atoms with E-state index in [1.807, 2.05) is 11.6 Å². The summed E-state index contributed by atoms with van der Waals surface area (Å²) in [6, 6.07) is 1.80. The lowest BCUT2D eigenvalue weighted by Crippen LogP contribution is -1.94. The molecule has 0 aliphatic carbocycles. The second kappa shape index (κ2) is 2.88. The van der Waals surface area contributed by atoms with E-state index in [4.69, 9.17) is 11.6 Å². The summed E-state index contributed by atoms with van der Waals surface area (Å²) in [7, 11) is 3.72. The molecule has 5 heteroatoms. The molecule has 68 valence electrons. The average molecular weight is 197 g/mol. The summed E-state index contributed by atoms with van der Waals surface area (Å²) < 4.78 is 1.91. The molecular formula is C8H9ClN4. The van der Waals surface area contributed by atoms with Crippen LogP contribution in [0.15, 0.2) is 12.4 Å². The van der Waals surface area contributed by atoms with E-state index in [0.29, 0.717) is 11.0 Å². The molecule has 0 aliphatic heterocycles. The minimum absolute atomic E-state index is 0.473. The maximum Gasteiger partial charge on any atom is 0.155 e. The van der Waals surface area contributed by atoms with Gasteiger partial charge in [-0.15, -0.1) is 0 Å². The third kappa shape index (κ3) is 1.23. The molecule has 0 unspecified atom stereocenters. The Kier molecular flexibility index (Phi) is 1.84. The van der Waals surface area contributed by atoms with Crippen molar-refractivity contribution in [3.63, 3.8) is 0 Å². The highest BCUT2D eigenvalue weighted by atomic mass is 35.5. The van der Waals surface area contributed by atoms with E-state index in [1.165, 1.54) is 0 Å². The summed E-state index contributed by atoms with van der Waals surface area (Å²) in [5, 5.41) is 3.43. The van der Waals surface area contributed by atoms with Gasteiger partial charge in [0.05, 0.1) is 11.8 Å². The molecule has 0 aliphatic rings. The van der Waals surface area contributed by atoms with E-state index in [9.17, 15) is 0 Å². The van der Waals surface area contributed by atoms with Crippen molar-refractivity contribution in [3.8, 4) is 0 Å². The summed E-state index contributed by atoms with van der Waals surface area (Å²) in [4.78, 5) is 8.32. The Morgan fingerprint density at radius 3 is 3.00 bits per heavy atom. The van der Waals surface area contributed by atoms with Gasteiger partial charge >= 0.3 is 0 Å². The van der Waals surface area contributed by atoms with Crippen molar-refractivity contribution in [3.05, 3.63) is 17.5 Å². The van der Waals surface area contributed by atoms with Gasteiger partial charge in [0.2, 0.25) is 0 Å². The van der Waals surface area contributed by atoms with Crippen LogP contribution >= 0.6 is 11.6 Å². The Hall–Kier alpha value is -1.29. The fourth-order valence-electron chi connectivity index (χ4n) is 1.27. The minimum Gasteiger partial charge on any atom is -0.371 e. The molecule has 2 aromatic heterocycles. The Labute approximate surface area is 80.6 Å². The number of anilines is 1. The number of pyridine rings is 1. The quantitative estimate of drug-likeness (QED) is 0.706. The summed E-state index contributed by atoms with van der Waals surface area (Å²) >= 11 is 5.84. The van der Waals surface area contributed by atoms with Gasteiger partial charge in [0.25, 0.3) is 0 Å². The first-order chi connectivity index (χ1) is 6.22. The van der Waals surface area contributed by atoms with Gasteiger partial charge in [-0.25, -0.2) is 9.97 Å². The van der Waals surface area contributed by atoms with Crippen LogP contribution in [0, 0.1) is 0 Å². The van der Waals surface area contributed by atoms with Crippen molar-refractivity contribution in [2.24, 2.45) is 7.05 Å². The van der Waals surface area contributed by atoms with E-state index < -0.39 is 0 Å². The number of nitrogens with zero attached hydrogens (tertiary/aromatic N) is 3. The molecule has 13 heavy (non-hydrogen) atoms. The van der Waals surface area contributed by atoms with Crippen LogP contribution in [0.5, 0.6) is 0 Å². The normalized spacial score (nSPS) is 10.7. The van der Waals surface area contributed by atoms with Gasteiger partial charge in [-0.05, 0) is 0 Å². The van der Waals surface area contributed by atoms with Crippen molar-refractivity contribution >= 4 is 28.5 Å². The zero-order chi connectivity index (χ0) is 9.42. The zero-order valence-corrected chi connectivity index (χ0v) is 8.13. The first kappa shape index (κ1) is 8.31. The summed E-state index contributed by atoms with van der Waals surface area (Å²) in [6.45, 7) is 0. The summed E-state index contributed by atoms with van der Waals surface area (Å²) in [5.41, 5.74) is 1.82. The number of halogens is 1. The molecule has 0 saturated carbocycles. The van der Waals surface area contributed by atoms with Crippen molar-refractivity contribution in [2.75, 3.05) is 12.4 Å². The maximum absolute atomic E-state index is 5.84. The van der Waals surface area contributed by atoms with Crippen molar-refractivity contribution in [1.82, 2.24) is 14.5 Å². The van der Waals surface area contributed by atoms with E-state index in [0.717, 1.165) is 11.0 Å². The predicted octanol–water partition coefficient (Wildman–Crippen LogP) is 1.66. The molecular weight excluding hydrogens is 188 g/mol. The number of hydrogen-bond donors (Lipinski definition) is 1. The lowest BCUT2D eigenvalue weighted by Gasteiger charge is -2.01. The second-order valence-corrected chi connectivity index (χ2v) is 3.15. The van der Waals surface area contributed by atoms with Crippen LogP contribution < -0.4 is 5.32 Å². The molecule has 4 nitrogen and oxygen atoms in total. The van der Waals surface area contributed by atoms with E-state index >= 15 is 0 Å². The Bertz CT molecular complexity index is 449. The SMILES string of the molecule is CNc1nc(Cl)cc2c1ncn2C. The van der Waals surface area contributed by atoms with Crippen molar-refractivity contribution < 1.29 is 0 Å². The number of aryl methyl sites for hydroxylation is 1. The van der Waals surface area contributed by atoms with Crippen LogP contribution in [0.1, 0.15) is 0 Å². The third-order valence-electron chi connectivity index (χ3n) is 1.92. The first-order valence-corrected chi connectivity index (χ1v) is 4.25. The number of fused-ring (bicyclic) bond motifs is 1. The Morgan fingerprint density at radius 1 is 1.54 bits per heavy atom. The van der Waals surface area contributed by atoms with Gasteiger partial charge in [0, 0.05) is 20.2 Å². The molecule has 0 spiro atoms. The third-order valence-corrected chi connectivity index (χ3v) is 2.11. The molecule has 0 radical (unpaired) electrons. The van der Waals surface area contributed by atoms with Crippen molar-refractivity contribution in [1.29, 1.82) is 0 Å². The van der Waals surface area contributed by atoms with Crippen LogP contribution in [-0.4, -0.2) is 21.6 Å². The predicted molar refractivity (Wildman–Crippen MR) is 53.1 cm³/mol. The van der Waals surface area contributed by atoms with Crippen LogP contribution in [0.3, 0.4) is 0 Å². The Morgan fingerprint density at radius 2 is 2.31 bits per heavy atom. The van der Waals surface area contributed by atoms with Crippen LogP contribution in [-0.2, 0) is 7.05 Å². The average Bonchev–Trinajstić information content (AvgIpc) is 2.47. The van der Waals surface area contributed by atoms with Gasteiger partial charge in [-0.3, -0.25) is 0 Å². The fourth-order valence-corrected chi connectivity index (χ4v) is 1.46. The topological polar surface area (TPSA) is 42.7 Å². The molecule has 0 aromatic carbocycles. The molecule has 0 fully saturated rings. The highest BCUT2D eigenvalue weighted by Gasteiger charge is 2.07. The van der Waals surface area contributed by atoms with Gasteiger partial charge in [0.15, 0.2) is 5.82 Å². The van der Waals surface area contributed by atoms with Gasteiger partial charge < -0.3 is 9.88 Å². The van der Waals surface area contributed by atoms with Gasteiger partial charge in [-0.1, -0.05) is 11.6 Å². The standard InChI is InChI=1S/C8H9ClN4/c1-10-8-7-5(3-6(9)12-8)13(2)4-11-7/h3-4H,1-2H3,(H,10,12). The summed E-state index contributed by atoms with van der Waals surface area (Å²) in [6.07, 6.45) is 1.74. The molecule has 0 atom stereocenters. The molecule has 0 bridgehead atoms. The highest BCUT2D eigenvalue weighted by molar-refractivity contribution is 6.30. The minimum atomic E-state index is 0.473. The smallest absolute Gasteiger partial charge is 0.155 e. The number of rotatable bonds is 1. The largest absolute Gasteiger partial charge is 0.371 e. The highest BCUT2D eigenvalue weighted by Crippen LogP contribution is 2.22. The molecule has 2 heterocycles. The van der Waals surface area contributed by atoms with Crippen molar-refractivity contribution in [2.45, 2.75) is 0 Å². The van der Waals surface area contributed by atoms with Crippen LogP contribution in [0.4, 0.5) is 5.82 Å². The van der Waals surface area contributed by atoms with Gasteiger partial charge in [0.1, 0.15) is 10.7 Å². The van der Waals surface area contributed by atoms with E-state index in [2.05, 4.69) is 15.3 Å². The monoisotopic (exact) mass is 196 g/mol. The molecule has 0 amide bonds. The summed E-state index contributed by atoms with van der Waals surface area (Å²) in [5.74, 6) is 0.711. The number of aromatic nitrogens is 3. The first-order valence-electron chi connectivity index (χ1n) is 3.87. The van der Waals surface area contributed by atoms with Crippen LogP contribution in [0.25, 0.3) is 11.0 Å². The van der Waals surface area contributed by atoms with Crippen LogP contribution in [0.2, 0.25) is 5.15 Å². The molecule has 2 aromatic rings. The van der Waals surface area contributed by atoms with E-state index in [1.54, 1.807) is 19.4 Å². The van der Waals surface area contributed by atoms with E-state index in [-0.39, 0.29) is 0 Å². The number of hydrogen-bond acceptors (Lipinski definition) is 3. The molecule has 1 N–H and O–H groups in total. The fraction of sp³-hybridized carbons (Fsp3) is 0.250. The molecule has 2 rings (SSSR count).